The van der Waals surface area contributed by atoms with Gasteiger partial charge in [0.2, 0.25) is 0 Å². The highest BCUT2D eigenvalue weighted by Gasteiger charge is 2.26. The first-order valence-electron chi connectivity index (χ1n) is 24.7. The van der Waals surface area contributed by atoms with E-state index in [-0.39, 0.29) is 0 Å². The van der Waals surface area contributed by atoms with E-state index in [0.29, 0.717) is 0 Å². The van der Waals surface area contributed by atoms with Crippen molar-refractivity contribution in [2.75, 3.05) is 9.80 Å². The minimum absolute atomic E-state index is 0.821. The molecule has 0 fully saturated rings. The van der Waals surface area contributed by atoms with Crippen molar-refractivity contribution in [3.05, 3.63) is 255 Å². The number of hydrogen-bond acceptors (Lipinski definition) is 5. The van der Waals surface area contributed by atoms with Crippen LogP contribution in [0.5, 0.6) is 11.5 Å². The van der Waals surface area contributed by atoms with Crippen LogP contribution >= 0.6 is 0 Å². The normalized spacial score (nSPS) is 11.9. The smallest absolute Gasteiger partial charge is 0.159 e. The number of hydrogen-bond donors (Lipinski definition) is 0. The molecule has 0 unspecified atom stereocenters. The molecule has 342 valence electrons. The van der Waals surface area contributed by atoms with E-state index >= 15 is 0 Å². The van der Waals surface area contributed by atoms with Crippen molar-refractivity contribution in [3.63, 3.8) is 0 Å². The molecule has 14 aromatic rings. The van der Waals surface area contributed by atoms with Crippen molar-refractivity contribution in [3.8, 4) is 44.9 Å². The Morgan fingerprint density at radius 3 is 1.74 bits per heavy atom. The van der Waals surface area contributed by atoms with Gasteiger partial charge in [-0.2, -0.15) is 0 Å². The number of fused-ring (bicyclic) bond motifs is 10. The van der Waals surface area contributed by atoms with Crippen molar-refractivity contribution >= 4 is 99.5 Å². The lowest BCUT2D eigenvalue weighted by Crippen LogP contribution is -2.11. The van der Waals surface area contributed by atoms with Gasteiger partial charge >= 0.3 is 0 Å². The van der Waals surface area contributed by atoms with Crippen LogP contribution in [0.25, 0.3) is 98.8 Å². The summed E-state index contributed by atoms with van der Waals surface area (Å²) in [6.07, 6.45) is 0. The standard InChI is InChI=1S/C68H42N2O3/c1-3-15-44(16-4-1)51-19-7-10-24-60(51)70(61-25-13-23-56-52-20-8-12-27-63(52)73-68(56)61)48-33-31-43(32-34-48)45-29-30-46-40-59-54-37-35-50(42-66(54)72-65-28-14-22-55(67(59)65)57(46)39-45)69(47-17-5-2-6-18-47)49-36-38-64-58(41-49)53-21-9-11-26-62(53)71-64/h1-42H. The van der Waals surface area contributed by atoms with E-state index in [9.17, 15) is 0 Å². The van der Waals surface area contributed by atoms with Crippen LogP contribution in [0.4, 0.5) is 34.1 Å². The van der Waals surface area contributed by atoms with E-state index in [1.807, 2.05) is 24.3 Å². The van der Waals surface area contributed by atoms with Crippen molar-refractivity contribution < 1.29 is 13.6 Å². The summed E-state index contributed by atoms with van der Waals surface area (Å²) in [7, 11) is 0. The highest BCUT2D eigenvalue weighted by atomic mass is 16.5. The monoisotopic (exact) mass is 934 g/mol. The molecular weight excluding hydrogens is 893 g/mol. The van der Waals surface area contributed by atoms with Crippen LogP contribution in [0, 0.1) is 0 Å². The highest BCUT2D eigenvalue weighted by molar-refractivity contribution is 6.18. The summed E-state index contributed by atoms with van der Waals surface area (Å²) in [5, 5.41) is 8.99. The Morgan fingerprint density at radius 1 is 0.274 bits per heavy atom. The SMILES string of the molecule is c1ccc(-c2ccccc2N(c2ccc(-c3ccc4cc5c6c(cccc6c4c3)Oc3cc(N(c4ccccc4)c4ccc6oc7ccccc7c6c4)ccc3-5)cc2)c2cccc3c2oc2ccccc23)cc1. The molecule has 0 bridgehead atoms. The molecule has 0 amide bonds. The summed E-state index contributed by atoms with van der Waals surface area (Å²) in [5.74, 6) is 1.67. The van der Waals surface area contributed by atoms with Gasteiger partial charge in [-0.1, -0.05) is 152 Å². The zero-order valence-corrected chi connectivity index (χ0v) is 39.4. The lowest BCUT2D eigenvalue weighted by atomic mass is 9.89. The molecule has 5 heteroatoms. The van der Waals surface area contributed by atoms with E-state index in [2.05, 4.69) is 240 Å². The molecular formula is C68H42N2O3. The first-order chi connectivity index (χ1) is 36.2. The molecule has 0 N–H and O–H groups in total. The van der Waals surface area contributed by atoms with E-state index in [1.165, 1.54) is 10.8 Å². The maximum Gasteiger partial charge on any atom is 0.159 e. The van der Waals surface area contributed by atoms with Crippen molar-refractivity contribution in [1.82, 2.24) is 0 Å². The van der Waals surface area contributed by atoms with Gasteiger partial charge in [-0.25, -0.2) is 0 Å². The lowest BCUT2D eigenvalue weighted by Gasteiger charge is -2.28. The Balaban J connectivity index is 0.815. The molecule has 5 nitrogen and oxygen atoms in total. The number of nitrogens with zero attached hydrogens (tertiary/aromatic N) is 2. The topological polar surface area (TPSA) is 42.0 Å². The van der Waals surface area contributed by atoms with Crippen LogP contribution in [0.2, 0.25) is 0 Å². The van der Waals surface area contributed by atoms with Crippen LogP contribution in [0.15, 0.2) is 264 Å². The Hall–Kier alpha value is -9.84. The zero-order chi connectivity index (χ0) is 48.0. The Labute approximate surface area is 420 Å². The Morgan fingerprint density at radius 2 is 0.890 bits per heavy atom. The van der Waals surface area contributed by atoms with E-state index in [4.69, 9.17) is 13.6 Å². The third kappa shape index (κ3) is 6.63. The quantitative estimate of drug-likeness (QED) is 0.142. The summed E-state index contributed by atoms with van der Waals surface area (Å²) in [4.78, 5) is 4.63. The average Bonchev–Trinajstić information content (AvgIpc) is 4.03. The van der Waals surface area contributed by atoms with Crippen molar-refractivity contribution in [2.24, 2.45) is 0 Å². The fourth-order valence-corrected chi connectivity index (χ4v) is 11.3. The van der Waals surface area contributed by atoms with E-state index in [1.54, 1.807) is 0 Å². The van der Waals surface area contributed by atoms with Crippen LogP contribution < -0.4 is 14.5 Å². The number of ether oxygens (including phenoxy) is 1. The third-order valence-electron chi connectivity index (χ3n) is 14.6. The number of rotatable bonds is 8. The summed E-state index contributed by atoms with van der Waals surface area (Å²) in [5.41, 5.74) is 16.4. The number of furan rings is 2. The molecule has 1 aliphatic rings. The van der Waals surface area contributed by atoms with Crippen LogP contribution in [0.1, 0.15) is 0 Å². The predicted octanol–water partition coefficient (Wildman–Crippen LogP) is 19.8. The van der Waals surface area contributed by atoms with Gasteiger partial charge < -0.3 is 23.4 Å². The minimum atomic E-state index is 0.821. The van der Waals surface area contributed by atoms with Gasteiger partial charge in [0, 0.05) is 66.9 Å². The van der Waals surface area contributed by atoms with Gasteiger partial charge in [-0.3, -0.25) is 0 Å². The maximum atomic E-state index is 6.93. The highest BCUT2D eigenvalue weighted by Crippen LogP contribution is 2.52. The summed E-state index contributed by atoms with van der Waals surface area (Å²) >= 11 is 0. The fourth-order valence-electron chi connectivity index (χ4n) is 11.3. The lowest BCUT2D eigenvalue weighted by molar-refractivity contribution is 0.487. The molecule has 2 aromatic heterocycles. The molecule has 15 rings (SSSR count). The second-order valence-corrected chi connectivity index (χ2v) is 18.8. The number of para-hydroxylation sites is 5. The second-order valence-electron chi connectivity index (χ2n) is 18.8. The molecule has 0 radical (unpaired) electrons. The molecule has 73 heavy (non-hydrogen) atoms. The summed E-state index contributed by atoms with van der Waals surface area (Å²) < 4.78 is 19.8. The van der Waals surface area contributed by atoms with Gasteiger partial charge in [0.25, 0.3) is 0 Å². The van der Waals surface area contributed by atoms with Crippen LogP contribution in [-0.4, -0.2) is 0 Å². The third-order valence-corrected chi connectivity index (χ3v) is 14.6. The fraction of sp³-hybridized carbons (Fsp3) is 0. The Bertz CT molecular complexity index is 4480. The molecule has 12 aromatic carbocycles. The molecule has 0 aliphatic carbocycles. The van der Waals surface area contributed by atoms with Crippen molar-refractivity contribution in [2.45, 2.75) is 0 Å². The zero-order valence-electron chi connectivity index (χ0n) is 39.4. The summed E-state index contributed by atoms with van der Waals surface area (Å²) in [6.45, 7) is 0. The van der Waals surface area contributed by atoms with Crippen LogP contribution in [-0.2, 0) is 0 Å². The van der Waals surface area contributed by atoms with Crippen LogP contribution in [0.3, 0.4) is 0 Å². The predicted molar refractivity (Wildman–Crippen MR) is 302 cm³/mol. The molecule has 0 saturated heterocycles. The Kier molecular flexibility index (Phi) is 9.19. The average molecular weight is 935 g/mol. The largest absolute Gasteiger partial charge is 0.456 e. The first-order valence-corrected chi connectivity index (χ1v) is 24.7. The number of benzene rings is 12. The van der Waals surface area contributed by atoms with Gasteiger partial charge in [0.05, 0.1) is 11.4 Å². The molecule has 0 atom stereocenters. The second kappa shape index (κ2) is 16.4. The van der Waals surface area contributed by atoms with Crippen molar-refractivity contribution in [1.29, 1.82) is 0 Å². The molecule has 0 spiro atoms. The maximum absolute atomic E-state index is 6.93. The number of anilines is 6. The van der Waals surface area contributed by atoms with E-state index < -0.39 is 0 Å². The van der Waals surface area contributed by atoms with Gasteiger partial charge in [0.1, 0.15) is 28.2 Å². The first kappa shape index (κ1) is 41.0. The summed E-state index contributed by atoms with van der Waals surface area (Å²) in [6, 6.07) is 90.3. The minimum Gasteiger partial charge on any atom is -0.456 e. The van der Waals surface area contributed by atoms with Gasteiger partial charge in [0.15, 0.2) is 5.58 Å². The van der Waals surface area contributed by atoms with Gasteiger partial charge in [-0.15, -0.1) is 0 Å². The molecule has 3 heterocycles. The van der Waals surface area contributed by atoms with E-state index in [0.717, 1.165) is 134 Å². The molecule has 0 saturated carbocycles. The van der Waals surface area contributed by atoms with Gasteiger partial charge in [-0.05, 0) is 135 Å². The molecule has 1 aliphatic heterocycles.